The van der Waals surface area contributed by atoms with Crippen molar-refractivity contribution in [3.8, 4) is 5.69 Å². The molecule has 0 unspecified atom stereocenters. The van der Waals surface area contributed by atoms with Crippen LogP contribution < -0.4 is 0 Å². The Morgan fingerprint density at radius 2 is 2.04 bits per heavy atom. The molecule has 130 valence electrons. The normalized spacial score (nSPS) is 10.8. The van der Waals surface area contributed by atoms with E-state index in [1.807, 2.05) is 6.92 Å². The van der Waals surface area contributed by atoms with Crippen LogP contribution in [0.15, 0.2) is 41.1 Å². The number of benzene rings is 1. The number of carbonyl (C=O) groups excluding carboxylic acids is 1. The van der Waals surface area contributed by atoms with Gasteiger partial charge in [-0.05, 0) is 30.3 Å². The predicted octanol–water partition coefficient (Wildman–Crippen LogP) is 2.16. The third-order valence-electron chi connectivity index (χ3n) is 3.69. The van der Waals surface area contributed by atoms with Crippen LogP contribution >= 0.6 is 0 Å². The van der Waals surface area contributed by atoms with Crippen molar-refractivity contribution >= 4 is 5.91 Å². The number of amides is 1. The average Bonchev–Trinajstić information content (AvgIpc) is 3.25. The van der Waals surface area contributed by atoms with Crippen LogP contribution in [0.2, 0.25) is 0 Å². The fourth-order valence-corrected chi connectivity index (χ4v) is 2.27. The maximum atomic E-state index is 13.0. The molecule has 0 aliphatic carbocycles. The fraction of sp³-hybridized carbons (Fsp3) is 0.294. The molecule has 0 aliphatic rings. The Balaban J connectivity index is 1.61. The van der Waals surface area contributed by atoms with Crippen LogP contribution in [0.5, 0.6) is 0 Å². The van der Waals surface area contributed by atoms with Gasteiger partial charge in [-0.25, -0.2) is 9.07 Å². The number of rotatable bonds is 6. The van der Waals surface area contributed by atoms with E-state index < -0.39 is 0 Å². The molecule has 1 aromatic carbocycles. The van der Waals surface area contributed by atoms with Crippen LogP contribution in [-0.4, -0.2) is 37.8 Å². The molecule has 0 bridgehead atoms. The molecule has 2 heterocycles. The molecule has 1 amide bonds. The second kappa shape index (κ2) is 7.25. The van der Waals surface area contributed by atoms with E-state index >= 15 is 0 Å². The molecule has 2 aromatic heterocycles. The lowest BCUT2D eigenvalue weighted by atomic mass is 10.3. The molecule has 0 saturated carbocycles. The Hall–Kier alpha value is -3.03. The van der Waals surface area contributed by atoms with E-state index in [0.717, 1.165) is 5.69 Å². The van der Waals surface area contributed by atoms with Crippen molar-refractivity contribution in [1.29, 1.82) is 0 Å². The molecule has 0 spiro atoms. The van der Waals surface area contributed by atoms with Crippen molar-refractivity contribution in [3.63, 3.8) is 0 Å². The standard InChI is InChI=1S/C17H18FN5O2/c1-3-15-19-16(25-21-15)11-22(2)17(24)10-13-8-9-23(20-13)14-6-4-12(18)5-7-14/h4-9H,3,10-11H2,1-2H3. The van der Waals surface area contributed by atoms with E-state index in [1.54, 1.807) is 36.1 Å². The van der Waals surface area contributed by atoms with Crippen LogP contribution in [0.1, 0.15) is 24.3 Å². The molecule has 0 saturated heterocycles. The van der Waals surface area contributed by atoms with Crippen LogP contribution in [-0.2, 0) is 24.2 Å². The highest BCUT2D eigenvalue weighted by Gasteiger charge is 2.15. The number of likely N-dealkylation sites (N-methyl/N-ethyl adjacent to an activating group) is 1. The summed E-state index contributed by atoms with van der Waals surface area (Å²) in [4.78, 5) is 18.0. The first-order chi connectivity index (χ1) is 12.0. The molecule has 3 aromatic rings. The first kappa shape index (κ1) is 16.8. The van der Waals surface area contributed by atoms with Gasteiger partial charge >= 0.3 is 0 Å². The van der Waals surface area contributed by atoms with Gasteiger partial charge in [0.05, 0.1) is 24.3 Å². The highest BCUT2D eigenvalue weighted by Crippen LogP contribution is 2.10. The fourth-order valence-electron chi connectivity index (χ4n) is 2.27. The second-order valence-corrected chi connectivity index (χ2v) is 5.61. The Morgan fingerprint density at radius 3 is 2.72 bits per heavy atom. The lowest BCUT2D eigenvalue weighted by molar-refractivity contribution is -0.130. The van der Waals surface area contributed by atoms with Crippen LogP contribution in [0.25, 0.3) is 5.69 Å². The summed E-state index contributed by atoms with van der Waals surface area (Å²) in [6, 6.07) is 7.74. The molecule has 0 atom stereocenters. The van der Waals surface area contributed by atoms with Gasteiger partial charge in [0.2, 0.25) is 11.8 Å². The Labute approximate surface area is 144 Å². The largest absolute Gasteiger partial charge is 0.337 e. The molecule has 0 fully saturated rings. The predicted molar refractivity (Wildman–Crippen MR) is 87.4 cm³/mol. The summed E-state index contributed by atoms with van der Waals surface area (Å²) < 4.78 is 19.7. The zero-order chi connectivity index (χ0) is 17.8. The van der Waals surface area contributed by atoms with Gasteiger partial charge in [0, 0.05) is 19.7 Å². The van der Waals surface area contributed by atoms with E-state index in [-0.39, 0.29) is 24.7 Å². The van der Waals surface area contributed by atoms with E-state index in [4.69, 9.17) is 4.52 Å². The minimum Gasteiger partial charge on any atom is -0.337 e. The number of hydrogen-bond donors (Lipinski definition) is 0. The molecule has 25 heavy (non-hydrogen) atoms. The van der Waals surface area contributed by atoms with Gasteiger partial charge in [-0.2, -0.15) is 10.1 Å². The Morgan fingerprint density at radius 1 is 1.28 bits per heavy atom. The summed E-state index contributed by atoms with van der Waals surface area (Å²) in [5.41, 5.74) is 1.35. The Bertz CT molecular complexity index is 856. The first-order valence-electron chi connectivity index (χ1n) is 7.91. The summed E-state index contributed by atoms with van der Waals surface area (Å²) >= 11 is 0. The molecular formula is C17H18FN5O2. The maximum Gasteiger partial charge on any atom is 0.246 e. The lowest BCUT2D eigenvalue weighted by Crippen LogP contribution is -2.28. The first-order valence-corrected chi connectivity index (χ1v) is 7.91. The van der Waals surface area contributed by atoms with Crippen molar-refractivity contribution in [2.45, 2.75) is 26.3 Å². The van der Waals surface area contributed by atoms with Gasteiger partial charge in [0.1, 0.15) is 5.82 Å². The molecule has 7 nitrogen and oxygen atoms in total. The van der Waals surface area contributed by atoms with Crippen LogP contribution in [0.3, 0.4) is 0 Å². The zero-order valence-corrected chi connectivity index (χ0v) is 14.0. The number of hydrogen-bond acceptors (Lipinski definition) is 5. The lowest BCUT2D eigenvalue weighted by Gasteiger charge is -2.13. The highest BCUT2D eigenvalue weighted by molar-refractivity contribution is 5.77. The topological polar surface area (TPSA) is 77.0 Å². The maximum absolute atomic E-state index is 13.0. The Kier molecular flexibility index (Phi) is 4.87. The summed E-state index contributed by atoms with van der Waals surface area (Å²) in [7, 11) is 1.68. The summed E-state index contributed by atoms with van der Waals surface area (Å²) in [6.07, 6.45) is 2.57. The van der Waals surface area contributed by atoms with Crippen LogP contribution in [0, 0.1) is 5.82 Å². The smallest absolute Gasteiger partial charge is 0.246 e. The molecule has 8 heteroatoms. The number of nitrogens with zero attached hydrogens (tertiary/aromatic N) is 5. The van der Waals surface area contributed by atoms with Crippen molar-refractivity contribution < 1.29 is 13.7 Å². The van der Waals surface area contributed by atoms with Crippen molar-refractivity contribution in [2.24, 2.45) is 0 Å². The molecule has 0 aliphatic heterocycles. The minimum atomic E-state index is -0.305. The van der Waals surface area contributed by atoms with Gasteiger partial charge in [-0.15, -0.1) is 0 Å². The van der Waals surface area contributed by atoms with Crippen LogP contribution in [0.4, 0.5) is 4.39 Å². The molecular weight excluding hydrogens is 325 g/mol. The monoisotopic (exact) mass is 343 g/mol. The van der Waals surface area contributed by atoms with Gasteiger partial charge in [-0.3, -0.25) is 4.79 Å². The zero-order valence-electron chi connectivity index (χ0n) is 14.0. The summed E-state index contributed by atoms with van der Waals surface area (Å²) in [5, 5.41) is 8.16. The number of aromatic nitrogens is 4. The summed E-state index contributed by atoms with van der Waals surface area (Å²) in [6.45, 7) is 2.19. The van der Waals surface area contributed by atoms with E-state index in [0.29, 0.717) is 23.8 Å². The van der Waals surface area contributed by atoms with Crippen molar-refractivity contribution in [1.82, 2.24) is 24.8 Å². The molecule has 0 radical (unpaired) electrons. The highest BCUT2D eigenvalue weighted by atomic mass is 19.1. The SMILES string of the molecule is CCc1noc(CN(C)C(=O)Cc2ccn(-c3ccc(F)cc3)n2)n1. The number of aryl methyl sites for hydroxylation is 1. The molecule has 3 rings (SSSR count). The van der Waals surface area contributed by atoms with E-state index in [9.17, 15) is 9.18 Å². The minimum absolute atomic E-state index is 0.111. The second-order valence-electron chi connectivity index (χ2n) is 5.61. The summed E-state index contributed by atoms with van der Waals surface area (Å²) in [5.74, 6) is 0.610. The van der Waals surface area contributed by atoms with Gasteiger partial charge in [-0.1, -0.05) is 12.1 Å². The number of carbonyl (C=O) groups is 1. The van der Waals surface area contributed by atoms with Gasteiger partial charge < -0.3 is 9.42 Å². The average molecular weight is 343 g/mol. The van der Waals surface area contributed by atoms with Crippen molar-refractivity contribution in [2.75, 3.05) is 7.05 Å². The quantitative estimate of drug-likeness (QED) is 0.685. The third kappa shape index (κ3) is 4.09. The van der Waals surface area contributed by atoms with Gasteiger partial charge in [0.25, 0.3) is 0 Å². The number of halogens is 1. The van der Waals surface area contributed by atoms with E-state index in [2.05, 4.69) is 15.2 Å². The molecule has 0 N–H and O–H groups in total. The third-order valence-corrected chi connectivity index (χ3v) is 3.69. The van der Waals surface area contributed by atoms with Gasteiger partial charge in [0.15, 0.2) is 5.82 Å². The van der Waals surface area contributed by atoms with E-state index in [1.165, 1.54) is 17.0 Å². The van der Waals surface area contributed by atoms with Crippen molar-refractivity contribution in [3.05, 3.63) is 59.8 Å².